The zero-order chi connectivity index (χ0) is 21.2. The zero-order valence-corrected chi connectivity index (χ0v) is 18.9. The number of rotatable bonds is 19. The molecule has 0 spiro atoms. The monoisotopic (exact) mass is 406 g/mol. The molecule has 0 aromatic heterocycles. The average Bonchev–Trinajstić information content (AvgIpc) is 2.73. The van der Waals surface area contributed by atoms with Gasteiger partial charge in [0.2, 0.25) is 0 Å². The molecule has 0 saturated heterocycles. The number of hydrogen-bond donors (Lipinski definition) is 1. The maximum absolute atomic E-state index is 7.65. The minimum absolute atomic E-state index is 0.516. The van der Waals surface area contributed by atoms with Crippen LogP contribution in [0, 0.1) is 5.53 Å². The van der Waals surface area contributed by atoms with E-state index in [4.69, 9.17) is 19.7 Å². The van der Waals surface area contributed by atoms with Crippen LogP contribution in [-0.2, 0) is 11.2 Å². The number of aryl methyl sites for hydroxylation is 1. The summed E-state index contributed by atoms with van der Waals surface area (Å²) in [5.41, 5.74) is 9.32. The topological polar surface area (TPSA) is 63.9 Å². The number of unbranched alkanes of at least 4 members (excludes halogenated alkanes) is 6. The molecule has 166 valence electrons. The van der Waals surface area contributed by atoms with Crippen LogP contribution in [0.15, 0.2) is 17.2 Å². The van der Waals surface area contributed by atoms with Crippen LogP contribution in [0.5, 0.6) is 11.5 Å². The molecule has 0 radical (unpaired) electrons. The van der Waals surface area contributed by atoms with Gasteiger partial charge < -0.3 is 14.2 Å². The van der Waals surface area contributed by atoms with E-state index < -0.39 is 0 Å². The molecular weight excluding hydrogens is 364 g/mol. The summed E-state index contributed by atoms with van der Waals surface area (Å²) in [6.45, 7) is 9.42. The van der Waals surface area contributed by atoms with Crippen molar-refractivity contribution >= 4 is 5.69 Å². The van der Waals surface area contributed by atoms with Gasteiger partial charge in [-0.1, -0.05) is 59.3 Å². The summed E-state index contributed by atoms with van der Waals surface area (Å²) in [7, 11) is 0. The summed E-state index contributed by atoms with van der Waals surface area (Å²) in [5.74, 6) is 1.35. The molecule has 0 atom stereocenters. The molecule has 0 aliphatic heterocycles. The lowest BCUT2D eigenvalue weighted by Gasteiger charge is -2.15. The van der Waals surface area contributed by atoms with Crippen LogP contribution in [0.4, 0.5) is 5.69 Å². The van der Waals surface area contributed by atoms with Gasteiger partial charge in [-0.05, 0) is 49.8 Å². The molecule has 29 heavy (non-hydrogen) atoms. The van der Waals surface area contributed by atoms with Gasteiger partial charge in [-0.3, -0.25) is 0 Å². The van der Waals surface area contributed by atoms with E-state index in [-0.39, 0.29) is 0 Å². The number of hydrogen-bond acceptors (Lipinski definition) is 5. The third kappa shape index (κ3) is 11.2. The highest BCUT2D eigenvalue weighted by atomic mass is 16.5. The molecule has 1 aromatic carbocycles. The van der Waals surface area contributed by atoms with Gasteiger partial charge in [0.05, 0.1) is 13.2 Å². The van der Waals surface area contributed by atoms with Crippen molar-refractivity contribution in [2.24, 2.45) is 5.11 Å². The predicted octanol–water partition coefficient (Wildman–Crippen LogP) is 7.63. The van der Waals surface area contributed by atoms with Crippen LogP contribution in [0.25, 0.3) is 0 Å². The largest absolute Gasteiger partial charge is 0.491 e. The molecule has 0 unspecified atom stereocenters. The van der Waals surface area contributed by atoms with Crippen molar-refractivity contribution in [1.29, 1.82) is 5.53 Å². The van der Waals surface area contributed by atoms with E-state index in [0.29, 0.717) is 30.4 Å². The number of benzene rings is 1. The van der Waals surface area contributed by atoms with Crippen LogP contribution in [0.3, 0.4) is 0 Å². The lowest BCUT2D eigenvalue weighted by Crippen LogP contribution is -2.03. The maximum atomic E-state index is 7.65. The molecule has 1 N–H and O–H groups in total. The summed E-state index contributed by atoms with van der Waals surface area (Å²) >= 11 is 0. The first-order valence-electron chi connectivity index (χ1n) is 11.6. The SMILES string of the molecule is CCCCCCOc1cc(CCCOCCC)cc(OCCCCCC)c1N=N. The predicted molar refractivity (Wildman–Crippen MR) is 120 cm³/mol. The van der Waals surface area contributed by atoms with Crippen LogP contribution in [0.2, 0.25) is 0 Å². The Morgan fingerprint density at radius 3 is 1.76 bits per heavy atom. The number of nitrogens with one attached hydrogen (secondary N) is 1. The minimum atomic E-state index is 0.516. The average molecular weight is 407 g/mol. The molecule has 1 rings (SSSR count). The summed E-state index contributed by atoms with van der Waals surface area (Å²) < 4.78 is 17.6. The quantitative estimate of drug-likeness (QED) is 0.190. The molecule has 0 heterocycles. The molecule has 0 amide bonds. The van der Waals surface area contributed by atoms with E-state index in [9.17, 15) is 0 Å². The second-order valence-corrected chi connectivity index (χ2v) is 7.59. The highest BCUT2D eigenvalue weighted by Crippen LogP contribution is 2.39. The standard InChI is InChI=1S/C24H42N2O3/c1-4-7-9-11-17-28-22-19-21(14-13-16-27-15-6-3)20-23(24(22)26-25)29-18-12-10-8-5-2/h19-20,25H,4-18H2,1-3H3. The summed E-state index contributed by atoms with van der Waals surface area (Å²) in [6, 6.07) is 4.05. The Morgan fingerprint density at radius 1 is 0.690 bits per heavy atom. The Bertz CT molecular complexity index is 514. The van der Waals surface area contributed by atoms with Crippen molar-refractivity contribution in [2.45, 2.75) is 91.4 Å². The Labute approximate surface area is 178 Å². The van der Waals surface area contributed by atoms with E-state index in [0.717, 1.165) is 50.9 Å². The van der Waals surface area contributed by atoms with E-state index in [2.05, 4.69) is 25.9 Å². The van der Waals surface area contributed by atoms with Gasteiger partial charge in [0.25, 0.3) is 0 Å². The van der Waals surface area contributed by atoms with Crippen molar-refractivity contribution in [1.82, 2.24) is 0 Å². The second-order valence-electron chi connectivity index (χ2n) is 7.59. The lowest BCUT2D eigenvalue weighted by molar-refractivity contribution is 0.132. The first-order valence-corrected chi connectivity index (χ1v) is 11.6. The third-order valence-corrected chi connectivity index (χ3v) is 4.83. The summed E-state index contributed by atoms with van der Waals surface area (Å²) in [5, 5.41) is 3.74. The van der Waals surface area contributed by atoms with Crippen LogP contribution in [0.1, 0.15) is 90.5 Å². The van der Waals surface area contributed by atoms with Crippen LogP contribution >= 0.6 is 0 Å². The second kappa shape index (κ2) is 17.3. The molecule has 0 fully saturated rings. The Morgan fingerprint density at radius 2 is 1.28 bits per heavy atom. The first-order chi connectivity index (χ1) is 14.3. The zero-order valence-electron chi connectivity index (χ0n) is 18.9. The fourth-order valence-corrected chi connectivity index (χ4v) is 3.16. The lowest BCUT2D eigenvalue weighted by atomic mass is 10.1. The normalized spacial score (nSPS) is 10.9. The minimum Gasteiger partial charge on any atom is -0.491 e. The molecule has 1 aromatic rings. The van der Waals surface area contributed by atoms with Gasteiger partial charge in [0, 0.05) is 13.2 Å². The van der Waals surface area contributed by atoms with Crippen molar-refractivity contribution < 1.29 is 14.2 Å². The van der Waals surface area contributed by atoms with Crippen molar-refractivity contribution in [3.63, 3.8) is 0 Å². The summed E-state index contributed by atoms with van der Waals surface area (Å²) in [6.07, 6.45) is 12.2. The van der Waals surface area contributed by atoms with E-state index in [1.165, 1.54) is 38.5 Å². The van der Waals surface area contributed by atoms with Crippen LogP contribution < -0.4 is 9.47 Å². The Hall–Kier alpha value is -1.62. The van der Waals surface area contributed by atoms with Gasteiger partial charge in [-0.15, -0.1) is 0 Å². The highest BCUT2D eigenvalue weighted by Gasteiger charge is 2.14. The molecule has 0 aliphatic carbocycles. The number of ether oxygens (including phenoxy) is 3. The maximum Gasteiger partial charge on any atom is 0.169 e. The fourth-order valence-electron chi connectivity index (χ4n) is 3.16. The summed E-state index contributed by atoms with van der Waals surface area (Å²) in [4.78, 5) is 0. The van der Waals surface area contributed by atoms with Gasteiger partial charge >= 0.3 is 0 Å². The number of nitrogens with zero attached hydrogens (tertiary/aromatic N) is 1. The van der Waals surface area contributed by atoms with Gasteiger partial charge in [-0.2, -0.15) is 5.11 Å². The van der Waals surface area contributed by atoms with Gasteiger partial charge in [0.1, 0.15) is 0 Å². The highest BCUT2D eigenvalue weighted by molar-refractivity contribution is 5.63. The first kappa shape index (κ1) is 25.4. The Balaban J connectivity index is 2.77. The van der Waals surface area contributed by atoms with Crippen molar-refractivity contribution in [2.75, 3.05) is 26.4 Å². The molecule has 5 nitrogen and oxygen atoms in total. The van der Waals surface area contributed by atoms with Crippen LogP contribution in [-0.4, -0.2) is 26.4 Å². The fraction of sp³-hybridized carbons (Fsp3) is 0.750. The molecule has 0 saturated carbocycles. The molecule has 0 aliphatic rings. The smallest absolute Gasteiger partial charge is 0.169 e. The molecule has 0 bridgehead atoms. The van der Waals surface area contributed by atoms with E-state index >= 15 is 0 Å². The van der Waals surface area contributed by atoms with Gasteiger partial charge in [0.15, 0.2) is 17.2 Å². The van der Waals surface area contributed by atoms with E-state index in [1.807, 2.05) is 12.1 Å². The van der Waals surface area contributed by atoms with E-state index in [1.54, 1.807) is 0 Å². The van der Waals surface area contributed by atoms with Gasteiger partial charge in [-0.25, -0.2) is 5.53 Å². The van der Waals surface area contributed by atoms with Crippen molar-refractivity contribution in [3.8, 4) is 11.5 Å². The Kier molecular flexibility index (Phi) is 15.1. The molecular formula is C24H42N2O3. The molecule has 5 heteroatoms. The van der Waals surface area contributed by atoms with Crippen molar-refractivity contribution in [3.05, 3.63) is 17.7 Å². The third-order valence-electron chi connectivity index (χ3n) is 4.83.